The fraction of sp³-hybridized carbons (Fsp3) is 0.417. The first-order valence-corrected chi connectivity index (χ1v) is 5.85. The lowest BCUT2D eigenvalue weighted by molar-refractivity contribution is -0.118. The average molecular weight is 255 g/mol. The maximum atomic E-state index is 11.1. The molecule has 0 saturated carbocycles. The van der Waals surface area contributed by atoms with E-state index in [1.54, 1.807) is 14.2 Å². The molecule has 0 aliphatic rings. The maximum absolute atomic E-state index is 11.1. The fourth-order valence-electron chi connectivity index (χ4n) is 1.62. The molecule has 0 heterocycles. The minimum Gasteiger partial charge on any atom is -0.496 e. The standard InChI is InChI=1S/C12H17NO3S/c1-8-10(15-2)5-4-9(12(8)16-3)6-13-11(14)7-17/h4-5,17H,6-7H2,1-3H3,(H,13,14). The number of nitrogens with one attached hydrogen (secondary N) is 1. The van der Waals surface area contributed by atoms with Crippen LogP contribution in [0.3, 0.4) is 0 Å². The molecule has 0 aliphatic carbocycles. The molecule has 1 amide bonds. The van der Waals surface area contributed by atoms with Crippen LogP contribution in [0.2, 0.25) is 0 Å². The van der Waals surface area contributed by atoms with E-state index in [0.29, 0.717) is 6.54 Å². The normalized spacial score (nSPS) is 9.88. The van der Waals surface area contributed by atoms with Gasteiger partial charge in [0.05, 0.1) is 20.0 Å². The van der Waals surface area contributed by atoms with Crippen LogP contribution < -0.4 is 14.8 Å². The first kappa shape index (κ1) is 13.7. The van der Waals surface area contributed by atoms with Gasteiger partial charge < -0.3 is 14.8 Å². The molecule has 0 spiro atoms. The number of carbonyl (C=O) groups is 1. The van der Waals surface area contributed by atoms with Crippen molar-refractivity contribution in [2.45, 2.75) is 13.5 Å². The van der Waals surface area contributed by atoms with Gasteiger partial charge in [0.2, 0.25) is 5.91 Å². The van der Waals surface area contributed by atoms with Gasteiger partial charge in [0.1, 0.15) is 11.5 Å². The molecule has 0 aliphatic heterocycles. The zero-order valence-corrected chi connectivity index (χ0v) is 11.1. The molecule has 4 nitrogen and oxygen atoms in total. The highest BCUT2D eigenvalue weighted by Crippen LogP contribution is 2.31. The Labute approximate surface area is 107 Å². The highest BCUT2D eigenvalue weighted by atomic mass is 32.1. The fourth-order valence-corrected chi connectivity index (χ4v) is 1.74. The van der Waals surface area contributed by atoms with Crippen LogP contribution in [-0.4, -0.2) is 25.9 Å². The van der Waals surface area contributed by atoms with Crippen molar-refractivity contribution in [1.29, 1.82) is 0 Å². The zero-order valence-electron chi connectivity index (χ0n) is 10.2. The number of ether oxygens (including phenoxy) is 2. The quantitative estimate of drug-likeness (QED) is 0.785. The first-order valence-electron chi connectivity index (χ1n) is 5.22. The molecule has 1 N–H and O–H groups in total. The van der Waals surface area contributed by atoms with Crippen molar-refractivity contribution in [3.63, 3.8) is 0 Å². The number of hydrogen-bond acceptors (Lipinski definition) is 4. The summed E-state index contributed by atoms with van der Waals surface area (Å²) in [5.41, 5.74) is 1.84. The molecule has 0 fully saturated rings. The number of carbonyl (C=O) groups excluding carboxylic acids is 1. The third-order valence-corrected chi connectivity index (χ3v) is 2.77. The van der Waals surface area contributed by atoms with E-state index in [1.807, 2.05) is 19.1 Å². The van der Waals surface area contributed by atoms with Gasteiger partial charge in [-0.25, -0.2) is 0 Å². The molecule has 17 heavy (non-hydrogen) atoms. The molecule has 1 aromatic rings. The smallest absolute Gasteiger partial charge is 0.229 e. The molecule has 5 heteroatoms. The van der Waals surface area contributed by atoms with Crippen molar-refractivity contribution in [3.8, 4) is 11.5 Å². The van der Waals surface area contributed by atoms with Gasteiger partial charge in [0.15, 0.2) is 0 Å². The van der Waals surface area contributed by atoms with E-state index in [2.05, 4.69) is 17.9 Å². The van der Waals surface area contributed by atoms with Crippen molar-refractivity contribution in [3.05, 3.63) is 23.3 Å². The van der Waals surface area contributed by atoms with Gasteiger partial charge in [0.25, 0.3) is 0 Å². The highest BCUT2D eigenvalue weighted by molar-refractivity contribution is 7.81. The number of hydrogen-bond donors (Lipinski definition) is 2. The third kappa shape index (κ3) is 3.30. The second-order valence-corrected chi connectivity index (χ2v) is 3.84. The lowest BCUT2D eigenvalue weighted by Gasteiger charge is -2.14. The minimum absolute atomic E-state index is 0.108. The Morgan fingerprint density at radius 2 is 2.06 bits per heavy atom. The predicted octanol–water partition coefficient (Wildman–Crippen LogP) is 1.56. The van der Waals surface area contributed by atoms with Crippen molar-refractivity contribution in [2.75, 3.05) is 20.0 Å². The molecule has 0 unspecified atom stereocenters. The van der Waals surface area contributed by atoms with Crippen LogP contribution in [0.1, 0.15) is 11.1 Å². The molecule has 0 aromatic heterocycles. The molecule has 1 rings (SSSR count). The van der Waals surface area contributed by atoms with Crippen LogP contribution in [0, 0.1) is 6.92 Å². The summed E-state index contributed by atoms with van der Waals surface area (Å²) in [5.74, 6) is 1.58. The molecule has 0 bridgehead atoms. The van der Waals surface area contributed by atoms with Gasteiger partial charge in [-0.1, -0.05) is 0 Å². The van der Waals surface area contributed by atoms with Gasteiger partial charge in [0, 0.05) is 17.7 Å². The van der Waals surface area contributed by atoms with E-state index in [0.717, 1.165) is 22.6 Å². The van der Waals surface area contributed by atoms with E-state index in [4.69, 9.17) is 9.47 Å². The molecule has 0 radical (unpaired) electrons. The van der Waals surface area contributed by atoms with Crippen molar-refractivity contribution < 1.29 is 14.3 Å². The van der Waals surface area contributed by atoms with Crippen LogP contribution in [0.5, 0.6) is 11.5 Å². The summed E-state index contributed by atoms with van der Waals surface area (Å²) in [4.78, 5) is 11.1. The summed E-state index contributed by atoms with van der Waals surface area (Å²) in [6.45, 7) is 2.34. The van der Waals surface area contributed by atoms with E-state index in [9.17, 15) is 4.79 Å². The van der Waals surface area contributed by atoms with E-state index >= 15 is 0 Å². The molecule has 1 aromatic carbocycles. The largest absolute Gasteiger partial charge is 0.496 e. The maximum Gasteiger partial charge on any atom is 0.229 e. The second kappa shape index (κ2) is 6.39. The summed E-state index contributed by atoms with van der Waals surface area (Å²) < 4.78 is 10.5. The molecule has 0 saturated heterocycles. The summed E-state index contributed by atoms with van der Waals surface area (Å²) in [6, 6.07) is 3.74. The molecule has 94 valence electrons. The van der Waals surface area contributed by atoms with Gasteiger partial charge in [-0.05, 0) is 19.1 Å². The number of methoxy groups -OCH3 is 2. The number of rotatable bonds is 5. The van der Waals surface area contributed by atoms with E-state index in [-0.39, 0.29) is 11.7 Å². The minimum atomic E-state index is -0.108. The molecular weight excluding hydrogens is 238 g/mol. The number of amides is 1. The van der Waals surface area contributed by atoms with E-state index < -0.39 is 0 Å². The summed E-state index contributed by atoms with van der Waals surface area (Å²) in [7, 11) is 3.22. The van der Waals surface area contributed by atoms with Gasteiger partial charge >= 0.3 is 0 Å². The Hall–Kier alpha value is -1.36. The predicted molar refractivity (Wildman–Crippen MR) is 70.0 cm³/mol. The van der Waals surface area contributed by atoms with E-state index in [1.165, 1.54) is 0 Å². The van der Waals surface area contributed by atoms with Gasteiger partial charge in [-0.15, -0.1) is 0 Å². The van der Waals surface area contributed by atoms with Crippen LogP contribution in [0.15, 0.2) is 12.1 Å². The summed E-state index contributed by atoms with van der Waals surface area (Å²) in [6.07, 6.45) is 0. The molecule has 0 atom stereocenters. The van der Waals surface area contributed by atoms with Crippen LogP contribution in [-0.2, 0) is 11.3 Å². The summed E-state index contributed by atoms with van der Waals surface area (Å²) >= 11 is 3.90. The topological polar surface area (TPSA) is 47.6 Å². The average Bonchev–Trinajstić information content (AvgIpc) is 2.35. The SMILES string of the molecule is COc1ccc(CNC(=O)CS)c(OC)c1C. The van der Waals surface area contributed by atoms with Gasteiger partial charge in [-0.3, -0.25) is 4.79 Å². The zero-order chi connectivity index (χ0) is 12.8. The van der Waals surface area contributed by atoms with Crippen LogP contribution in [0.4, 0.5) is 0 Å². The Morgan fingerprint density at radius 1 is 1.35 bits per heavy atom. The Morgan fingerprint density at radius 3 is 2.59 bits per heavy atom. The van der Waals surface area contributed by atoms with Crippen LogP contribution >= 0.6 is 12.6 Å². The Bertz CT molecular complexity index is 407. The second-order valence-electron chi connectivity index (χ2n) is 3.52. The Balaban J connectivity index is 2.92. The summed E-state index contributed by atoms with van der Waals surface area (Å²) in [5, 5.41) is 2.75. The number of benzene rings is 1. The third-order valence-electron chi connectivity index (χ3n) is 2.48. The highest BCUT2D eigenvalue weighted by Gasteiger charge is 2.11. The number of thiol groups is 1. The van der Waals surface area contributed by atoms with Crippen LogP contribution in [0.25, 0.3) is 0 Å². The first-order chi connectivity index (χ1) is 8.13. The molecular formula is C12H17NO3S. The Kier molecular flexibility index (Phi) is 5.15. The van der Waals surface area contributed by atoms with Gasteiger partial charge in [-0.2, -0.15) is 12.6 Å². The monoisotopic (exact) mass is 255 g/mol. The van der Waals surface area contributed by atoms with Crippen molar-refractivity contribution >= 4 is 18.5 Å². The van der Waals surface area contributed by atoms with Crippen molar-refractivity contribution in [2.24, 2.45) is 0 Å². The lowest BCUT2D eigenvalue weighted by atomic mass is 10.1. The van der Waals surface area contributed by atoms with Crippen molar-refractivity contribution in [1.82, 2.24) is 5.32 Å². The lowest BCUT2D eigenvalue weighted by Crippen LogP contribution is -2.24.